The molecule has 1 aromatic heterocycles. The Kier molecular flexibility index (Phi) is 3.76. The molecule has 5 heteroatoms. The van der Waals surface area contributed by atoms with Crippen LogP contribution in [-0.4, -0.2) is 10.9 Å². The van der Waals surface area contributed by atoms with Gasteiger partial charge in [-0.05, 0) is 40.2 Å². The highest BCUT2D eigenvalue weighted by Gasteiger charge is 2.10. The number of aromatic nitrogens is 1. The van der Waals surface area contributed by atoms with Gasteiger partial charge < -0.3 is 5.32 Å². The molecule has 0 spiro atoms. The lowest BCUT2D eigenvalue weighted by Crippen LogP contribution is -2.13. The van der Waals surface area contributed by atoms with Crippen molar-refractivity contribution in [3.05, 3.63) is 57.8 Å². The van der Waals surface area contributed by atoms with Crippen molar-refractivity contribution in [3.8, 4) is 0 Å². The maximum Gasteiger partial charge on any atom is 0.274 e. The van der Waals surface area contributed by atoms with Crippen molar-refractivity contribution < 1.29 is 4.79 Å². The summed E-state index contributed by atoms with van der Waals surface area (Å²) in [5, 5.41) is 3.28. The summed E-state index contributed by atoms with van der Waals surface area (Å²) < 4.78 is 0.658. The molecule has 0 aliphatic heterocycles. The van der Waals surface area contributed by atoms with Crippen LogP contribution in [0.25, 0.3) is 0 Å². The van der Waals surface area contributed by atoms with E-state index in [0.717, 1.165) is 0 Å². The molecule has 0 radical (unpaired) electrons. The molecule has 0 bridgehead atoms. The van der Waals surface area contributed by atoms with E-state index in [4.69, 9.17) is 11.6 Å². The number of pyridine rings is 1. The van der Waals surface area contributed by atoms with Gasteiger partial charge in [0.15, 0.2) is 0 Å². The summed E-state index contributed by atoms with van der Waals surface area (Å²) in [7, 11) is 0. The van der Waals surface area contributed by atoms with Crippen LogP contribution < -0.4 is 5.32 Å². The van der Waals surface area contributed by atoms with Gasteiger partial charge in [-0.25, -0.2) is 0 Å². The van der Waals surface area contributed by atoms with Crippen molar-refractivity contribution in [1.82, 2.24) is 4.98 Å². The first-order chi connectivity index (χ1) is 8.18. The van der Waals surface area contributed by atoms with Gasteiger partial charge in [0.25, 0.3) is 5.91 Å². The van der Waals surface area contributed by atoms with Crippen molar-refractivity contribution in [2.45, 2.75) is 0 Å². The number of nitrogens with zero attached hydrogens (tertiary/aromatic N) is 1. The Morgan fingerprint density at radius 1 is 1.24 bits per heavy atom. The molecule has 2 aromatic rings. The van der Waals surface area contributed by atoms with Crippen molar-refractivity contribution in [3.63, 3.8) is 0 Å². The molecule has 0 fully saturated rings. The zero-order valence-corrected chi connectivity index (χ0v) is 11.0. The van der Waals surface area contributed by atoms with E-state index in [0.29, 0.717) is 20.9 Å². The second-order valence-corrected chi connectivity index (χ2v) is 4.47. The number of rotatable bonds is 2. The molecule has 1 amide bonds. The van der Waals surface area contributed by atoms with Crippen LogP contribution in [0.5, 0.6) is 0 Å². The van der Waals surface area contributed by atoms with Gasteiger partial charge in [0.2, 0.25) is 0 Å². The van der Waals surface area contributed by atoms with Crippen molar-refractivity contribution >= 4 is 39.1 Å². The van der Waals surface area contributed by atoms with Gasteiger partial charge in [0, 0.05) is 6.20 Å². The number of benzene rings is 1. The molecule has 86 valence electrons. The summed E-state index contributed by atoms with van der Waals surface area (Å²) in [6.07, 6.45) is 1.57. The van der Waals surface area contributed by atoms with Crippen LogP contribution in [0.15, 0.2) is 47.1 Å². The van der Waals surface area contributed by atoms with Crippen molar-refractivity contribution in [2.75, 3.05) is 5.32 Å². The van der Waals surface area contributed by atoms with Crippen LogP contribution in [0.1, 0.15) is 10.5 Å². The van der Waals surface area contributed by atoms with Gasteiger partial charge in [-0.1, -0.05) is 23.7 Å². The summed E-state index contributed by atoms with van der Waals surface area (Å²) in [5.74, 6) is -0.270. The average Bonchev–Trinajstić information content (AvgIpc) is 2.36. The second kappa shape index (κ2) is 5.29. The molecule has 0 atom stereocenters. The molecule has 0 aliphatic carbocycles. The lowest BCUT2D eigenvalue weighted by Gasteiger charge is -2.07. The Morgan fingerprint density at radius 3 is 2.76 bits per heavy atom. The normalized spacial score (nSPS) is 10.0. The van der Waals surface area contributed by atoms with Crippen LogP contribution in [0.4, 0.5) is 5.69 Å². The number of hydrogen-bond donors (Lipinski definition) is 1. The molecular weight excluding hydrogens is 304 g/mol. The van der Waals surface area contributed by atoms with Gasteiger partial charge in [-0.15, -0.1) is 0 Å². The number of anilines is 1. The van der Waals surface area contributed by atoms with Crippen molar-refractivity contribution in [1.29, 1.82) is 0 Å². The van der Waals surface area contributed by atoms with E-state index >= 15 is 0 Å². The first-order valence-electron chi connectivity index (χ1n) is 4.85. The predicted octanol–water partition coefficient (Wildman–Crippen LogP) is 3.75. The van der Waals surface area contributed by atoms with E-state index < -0.39 is 0 Å². The molecule has 17 heavy (non-hydrogen) atoms. The predicted molar refractivity (Wildman–Crippen MR) is 71.3 cm³/mol. The van der Waals surface area contributed by atoms with E-state index in [2.05, 4.69) is 26.2 Å². The molecule has 0 saturated carbocycles. The van der Waals surface area contributed by atoms with Crippen LogP contribution in [0.2, 0.25) is 5.02 Å². The highest BCUT2D eigenvalue weighted by Crippen LogP contribution is 2.30. The average molecular weight is 312 g/mol. The second-order valence-electron chi connectivity index (χ2n) is 3.27. The molecular formula is C12H8BrClN2O. The largest absolute Gasteiger partial charge is 0.320 e. The fourth-order valence-electron chi connectivity index (χ4n) is 1.28. The summed E-state index contributed by atoms with van der Waals surface area (Å²) in [4.78, 5) is 15.8. The molecule has 3 nitrogen and oxygen atoms in total. The van der Waals surface area contributed by atoms with E-state index in [1.54, 1.807) is 42.6 Å². The third-order valence-corrected chi connectivity index (χ3v) is 3.49. The third-order valence-electron chi connectivity index (χ3n) is 2.10. The van der Waals surface area contributed by atoms with E-state index in [1.807, 2.05) is 0 Å². The highest BCUT2D eigenvalue weighted by atomic mass is 79.9. The Labute approximate surface area is 112 Å². The number of carbonyl (C=O) groups is 1. The SMILES string of the molecule is O=C(Nc1cccc(Cl)c1Br)c1ccccn1. The highest BCUT2D eigenvalue weighted by molar-refractivity contribution is 9.10. The number of amides is 1. The Hall–Kier alpha value is -1.39. The molecule has 0 aliphatic rings. The Morgan fingerprint density at radius 2 is 2.06 bits per heavy atom. The van der Waals surface area contributed by atoms with E-state index in [-0.39, 0.29) is 5.91 Å². The lowest BCUT2D eigenvalue weighted by molar-refractivity contribution is 0.102. The number of hydrogen-bond acceptors (Lipinski definition) is 2. The minimum absolute atomic E-state index is 0.270. The minimum atomic E-state index is -0.270. The number of carbonyl (C=O) groups excluding carboxylic acids is 1. The summed E-state index contributed by atoms with van der Waals surface area (Å²) in [5.41, 5.74) is 0.979. The van der Waals surface area contributed by atoms with Gasteiger partial charge in [0.05, 0.1) is 15.2 Å². The van der Waals surface area contributed by atoms with Gasteiger partial charge in [-0.3, -0.25) is 9.78 Å². The van der Waals surface area contributed by atoms with Crippen molar-refractivity contribution in [2.24, 2.45) is 0 Å². The quantitative estimate of drug-likeness (QED) is 0.918. The monoisotopic (exact) mass is 310 g/mol. The van der Waals surface area contributed by atoms with Gasteiger partial charge in [0.1, 0.15) is 5.69 Å². The minimum Gasteiger partial charge on any atom is -0.320 e. The zero-order chi connectivity index (χ0) is 12.3. The van der Waals surface area contributed by atoms with Gasteiger partial charge >= 0.3 is 0 Å². The zero-order valence-electron chi connectivity index (χ0n) is 8.65. The third kappa shape index (κ3) is 2.84. The molecule has 2 rings (SSSR count). The fraction of sp³-hybridized carbons (Fsp3) is 0. The van der Waals surface area contributed by atoms with Crippen LogP contribution >= 0.6 is 27.5 Å². The standard InChI is InChI=1S/C12H8BrClN2O/c13-11-8(14)4-3-6-9(11)16-12(17)10-5-1-2-7-15-10/h1-7H,(H,16,17). The van der Waals surface area contributed by atoms with Crippen LogP contribution in [0, 0.1) is 0 Å². The first kappa shape index (κ1) is 12.1. The topological polar surface area (TPSA) is 42.0 Å². The molecule has 1 N–H and O–H groups in total. The number of halogens is 2. The molecule has 1 aromatic carbocycles. The van der Waals surface area contributed by atoms with E-state index in [1.165, 1.54) is 0 Å². The van der Waals surface area contributed by atoms with Crippen LogP contribution in [-0.2, 0) is 0 Å². The smallest absolute Gasteiger partial charge is 0.274 e. The molecule has 1 heterocycles. The number of nitrogens with one attached hydrogen (secondary N) is 1. The fourth-order valence-corrected chi connectivity index (χ4v) is 1.82. The first-order valence-corrected chi connectivity index (χ1v) is 6.02. The van der Waals surface area contributed by atoms with E-state index in [9.17, 15) is 4.79 Å². The Balaban J connectivity index is 2.22. The van der Waals surface area contributed by atoms with Crippen LogP contribution in [0.3, 0.4) is 0 Å². The summed E-state index contributed by atoms with van der Waals surface area (Å²) in [6, 6.07) is 10.4. The maximum absolute atomic E-state index is 11.8. The summed E-state index contributed by atoms with van der Waals surface area (Å²) >= 11 is 9.24. The summed E-state index contributed by atoms with van der Waals surface area (Å²) in [6.45, 7) is 0. The van der Waals surface area contributed by atoms with Gasteiger partial charge in [-0.2, -0.15) is 0 Å². The maximum atomic E-state index is 11.8. The lowest BCUT2D eigenvalue weighted by atomic mass is 10.3. The molecule has 0 saturated heterocycles. The molecule has 0 unspecified atom stereocenters. The Bertz CT molecular complexity index is 545.